The van der Waals surface area contributed by atoms with Gasteiger partial charge in [0.15, 0.2) is 0 Å². The summed E-state index contributed by atoms with van der Waals surface area (Å²) >= 11 is 3.42. The Hall–Kier alpha value is -1.74. The van der Waals surface area contributed by atoms with Crippen molar-refractivity contribution in [3.63, 3.8) is 0 Å². The minimum Gasteiger partial charge on any atom is -0.339 e. The van der Waals surface area contributed by atoms with Crippen molar-refractivity contribution < 1.29 is 13.2 Å². The number of nitrogens with zero attached hydrogens (tertiary/aromatic N) is 3. The number of piperazine rings is 1. The lowest BCUT2D eigenvalue weighted by Crippen LogP contribution is -2.52. The van der Waals surface area contributed by atoms with Crippen molar-refractivity contribution in [3.8, 4) is 0 Å². The molecule has 1 fully saturated rings. The average molecular weight is 480 g/mol. The highest BCUT2D eigenvalue weighted by Crippen LogP contribution is 2.15. The number of halogens is 1. The highest BCUT2D eigenvalue weighted by Gasteiger charge is 2.29. The number of hydrogen-bond acceptors (Lipinski definition) is 4. The number of benzene rings is 2. The quantitative estimate of drug-likeness (QED) is 0.612. The Morgan fingerprint density at radius 1 is 0.966 bits per heavy atom. The van der Waals surface area contributed by atoms with Gasteiger partial charge in [0, 0.05) is 37.2 Å². The van der Waals surface area contributed by atoms with Gasteiger partial charge >= 0.3 is 0 Å². The first kappa shape index (κ1) is 22.0. The van der Waals surface area contributed by atoms with Gasteiger partial charge in [0.25, 0.3) is 0 Å². The highest BCUT2D eigenvalue weighted by atomic mass is 79.9. The SMILES string of the molecule is CN(CC(=O)N1CCN(S(=O)(=O)Cc2ccccc2)CC1)Cc1ccc(Br)cc1. The minimum atomic E-state index is -3.37. The van der Waals surface area contributed by atoms with Crippen molar-refractivity contribution in [2.24, 2.45) is 0 Å². The van der Waals surface area contributed by atoms with E-state index in [0.717, 1.165) is 15.6 Å². The van der Waals surface area contributed by atoms with Crippen LogP contribution in [0.4, 0.5) is 0 Å². The van der Waals surface area contributed by atoms with Crippen LogP contribution in [0, 0.1) is 0 Å². The molecule has 6 nitrogen and oxygen atoms in total. The van der Waals surface area contributed by atoms with E-state index in [-0.39, 0.29) is 11.7 Å². The number of sulfonamides is 1. The summed E-state index contributed by atoms with van der Waals surface area (Å²) in [5, 5.41) is 0. The molecule has 0 bridgehead atoms. The van der Waals surface area contributed by atoms with Crippen LogP contribution in [0.2, 0.25) is 0 Å². The largest absolute Gasteiger partial charge is 0.339 e. The molecule has 0 aliphatic carbocycles. The fourth-order valence-electron chi connectivity index (χ4n) is 3.38. The zero-order valence-electron chi connectivity index (χ0n) is 16.5. The van der Waals surface area contributed by atoms with Crippen LogP contribution in [-0.4, -0.2) is 68.2 Å². The van der Waals surface area contributed by atoms with Gasteiger partial charge in [-0.25, -0.2) is 8.42 Å². The number of carbonyl (C=O) groups is 1. The van der Waals surface area contributed by atoms with Crippen molar-refractivity contribution in [2.75, 3.05) is 39.8 Å². The van der Waals surface area contributed by atoms with Gasteiger partial charge < -0.3 is 4.90 Å². The molecule has 0 spiro atoms. The highest BCUT2D eigenvalue weighted by molar-refractivity contribution is 9.10. The molecule has 2 aromatic carbocycles. The molecule has 0 radical (unpaired) electrons. The van der Waals surface area contributed by atoms with Crippen LogP contribution in [0.25, 0.3) is 0 Å². The van der Waals surface area contributed by atoms with E-state index in [9.17, 15) is 13.2 Å². The summed E-state index contributed by atoms with van der Waals surface area (Å²) in [6, 6.07) is 17.2. The molecule has 0 saturated carbocycles. The van der Waals surface area contributed by atoms with E-state index in [0.29, 0.717) is 39.3 Å². The Bertz CT molecular complexity index is 912. The van der Waals surface area contributed by atoms with Crippen LogP contribution in [0.1, 0.15) is 11.1 Å². The lowest BCUT2D eigenvalue weighted by molar-refractivity contribution is -0.133. The molecule has 156 valence electrons. The van der Waals surface area contributed by atoms with Gasteiger partial charge in [-0.1, -0.05) is 58.4 Å². The molecule has 0 unspecified atom stereocenters. The maximum Gasteiger partial charge on any atom is 0.236 e. The predicted octanol–water partition coefficient (Wildman–Crippen LogP) is 2.56. The van der Waals surface area contributed by atoms with Crippen molar-refractivity contribution in [2.45, 2.75) is 12.3 Å². The summed E-state index contributed by atoms with van der Waals surface area (Å²) in [7, 11) is -1.45. The van der Waals surface area contributed by atoms with Gasteiger partial charge in [0.1, 0.15) is 0 Å². The van der Waals surface area contributed by atoms with E-state index < -0.39 is 10.0 Å². The first-order valence-electron chi connectivity index (χ1n) is 9.56. The van der Waals surface area contributed by atoms with Gasteiger partial charge in [-0.05, 0) is 30.3 Å². The first-order valence-corrected chi connectivity index (χ1v) is 12.0. The smallest absolute Gasteiger partial charge is 0.236 e. The van der Waals surface area contributed by atoms with Crippen molar-refractivity contribution in [1.29, 1.82) is 0 Å². The Morgan fingerprint density at radius 2 is 1.59 bits per heavy atom. The summed E-state index contributed by atoms with van der Waals surface area (Å²) in [5.74, 6) is 0.0299. The van der Waals surface area contributed by atoms with E-state index in [2.05, 4.69) is 15.9 Å². The number of hydrogen-bond donors (Lipinski definition) is 0. The lowest BCUT2D eigenvalue weighted by Gasteiger charge is -2.34. The fourth-order valence-corrected chi connectivity index (χ4v) is 5.16. The van der Waals surface area contributed by atoms with Crippen molar-refractivity contribution in [1.82, 2.24) is 14.1 Å². The third-order valence-corrected chi connectivity index (χ3v) is 7.33. The second-order valence-electron chi connectivity index (χ2n) is 7.32. The van der Waals surface area contributed by atoms with Crippen molar-refractivity contribution >= 4 is 31.9 Å². The van der Waals surface area contributed by atoms with Crippen LogP contribution < -0.4 is 0 Å². The molecular weight excluding hydrogens is 454 g/mol. The lowest BCUT2D eigenvalue weighted by atomic mass is 10.2. The molecule has 0 N–H and O–H groups in total. The fraction of sp³-hybridized carbons (Fsp3) is 0.381. The molecule has 3 rings (SSSR count). The molecule has 8 heteroatoms. The second-order valence-corrected chi connectivity index (χ2v) is 10.2. The van der Waals surface area contributed by atoms with E-state index in [4.69, 9.17) is 0 Å². The number of carbonyl (C=O) groups excluding carboxylic acids is 1. The monoisotopic (exact) mass is 479 g/mol. The average Bonchev–Trinajstić information content (AvgIpc) is 2.70. The Morgan fingerprint density at radius 3 is 2.21 bits per heavy atom. The van der Waals surface area contributed by atoms with Gasteiger partial charge in [-0.15, -0.1) is 0 Å². The van der Waals surface area contributed by atoms with Gasteiger partial charge in [-0.2, -0.15) is 4.31 Å². The van der Waals surface area contributed by atoms with E-state index in [1.165, 1.54) is 4.31 Å². The third kappa shape index (κ3) is 6.37. The van der Waals surface area contributed by atoms with Crippen LogP contribution in [0.3, 0.4) is 0 Å². The standard InChI is InChI=1S/C21H26BrN3O3S/c1-23(15-18-7-9-20(22)10-8-18)16-21(26)24-11-13-25(14-12-24)29(27,28)17-19-5-3-2-4-6-19/h2-10H,11-17H2,1H3. The zero-order chi connectivity index (χ0) is 20.9. The zero-order valence-corrected chi connectivity index (χ0v) is 18.9. The van der Waals surface area contributed by atoms with Crippen LogP contribution in [-0.2, 0) is 27.1 Å². The van der Waals surface area contributed by atoms with Crippen LogP contribution in [0.5, 0.6) is 0 Å². The molecule has 1 heterocycles. The summed E-state index contributed by atoms with van der Waals surface area (Å²) in [5.41, 5.74) is 1.92. The van der Waals surface area contributed by atoms with Crippen LogP contribution in [0.15, 0.2) is 59.1 Å². The van der Waals surface area contributed by atoms with Gasteiger partial charge in [0.2, 0.25) is 15.9 Å². The maximum atomic E-state index is 12.6. The Labute approximate surface area is 181 Å². The molecule has 0 atom stereocenters. The normalized spacial score (nSPS) is 15.6. The number of likely N-dealkylation sites (N-methyl/N-ethyl adjacent to an activating group) is 1. The molecule has 1 saturated heterocycles. The third-order valence-electron chi connectivity index (χ3n) is 4.95. The van der Waals surface area contributed by atoms with Crippen LogP contribution >= 0.6 is 15.9 Å². The summed E-state index contributed by atoms with van der Waals surface area (Å²) in [6.07, 6.45) is 0. The Kier molecular flexibility index (Phi) is 7.45. The number of amides is 1. The van der Waals surface area contributed by atoms with E-state index in [1.807, 2.05) is 66.5 Å². The first-order chi connectivity index (χ1) is 13.8. The summed E-state index contributed by atoms with van der Waals surface area (Å²) in [4.78, 5) is 16.3. The molecule has 2 aromatic rings. The predicted molar refractivity (Wildman–Crippen MR) is 118 cm³/mol. The Balaban J connectivity index is 1.48. The summed E-state index contributed by atoms with van der Waals surface area (Å²) in [6.45, 7) is 2.55. The molecule has 1 aliphatic heterocycles. The maximum absolute atomic E-state index is 12.6. The van der Waals surface area contributed by atoms with E-state index in [1.54, 1.807) is 4.90 Å². The molecule has 29 heavy (non-hydrogen) atoms. The van der Waals surface area contributed by atoms with Gasteiger partial charge in [-0.3, -0.25) is 9.69 Å². The summed E-state index contributed by atoms with van der Waals surface area (Å²) < 4.78 is 27.8. The minimum absolute atomic E-state index is 0.00227. The molecule has 1 aliphatic rings. The second kappa shape index (κ2) is 9.84. The van der Waals surface area contributed by atoms with E-state index >= 15 is 0 Å². The molecule has 1 amide bonds. The molecule has 0 aromatic heterocycles. The molecular formula is C21H26BrN3O3S. The topological polar surface area (TPSA) is 60.9 Å². The van der Waals surface area contributed by atoms with Crippen molar-refractivity contribution in [3.05, 3.63) is 70.2 Å². The number of rotatable bonds is 7. The van der Waals surface area contributed by atoms with Gasteiger partial charge in [0.05, 0.1) is 12.3 Å².